The Morgan fingerprint density at radius 2 is 1.84 bits per heavy atom. The van der Waals surface area contributed by atoms with Crippen molar-refractivity contribution in [3.8, 4) is 0 Å². The molecule has 2 rings (SSSR count). The van der Waals surface area contributed by atoms with Gasteiger partial charge < -0.3 is 5.32 Å². The predicted molar refractivity (Wildman–Crippen MR) is 81.1 cm³/mol. The highest BCUT2D eigenvalue weighted by molar-refractivity contribution is 9.10. The van der Waals surface area contributed by atoms with Gasteiger partial charge in [0, 0.05) is 16.0 Å². The van der Waals surface area contributed by atoms with Crippen LogP contribution in [0.1, 0.15) is 11.1 Å². The van der Waals surface area contributed by atoms with E-state index in [0.29, 0.717) is 18.0 Å². The van der Waals surface area contributed by atoms with Crippen molar-refractivity contribution in [2.75, 3.05) is 0 Å². The van der Waals surface area contributed by atoms with Gasteiger partial charge in [-0.2, -0.15) is 0 Å². The molecule has 2 aromatic carbocycles. The molecule has 1 amide bonds. The Hall–Kier alpha value is -1.32. The summed E-state index contributed by atoms with van der Waals surface area (Å²) < 4.78 is 1.03. The van der Waals surface area contributed by atoms with E-state index in [1.54, 1.807) is 12.1 Å². The molecule has 4 heteroatoms. The quantitative estimate of drug-likeness (QED) is 0.898. The number of hydrogen-bond acceptors (Lipinski definition) is 1. The molecule has 0 aliphatic heterocycles. The minimum atomic E-state index is -0.00909. The molecule has 0 heterocycles. The molecule has 2 nitrogen and oxygen atoms in total. The molecule has 0 aliphatic rings. The van der Waals surface area contributed by atoms with Crippen LogP contribution < -0.4 is 5.32 Å². The van der Waals surface area contributed by atoms with Crippen molar-refractivity contribution in [2.24, 2.45) is 0 Å². The lowest BCUT2D eigenvalue weighted by Gasteiger charge is -2.06. The average molecular weight is 339 g/mol. The Bertz CT molecular complexity index is 569. The Balaban J connectivity index is 1.86. The number of nitrogens with one attached hydrogen (secondary N) is 1. The number of carbonyl (C=O) groups excluding carboxylic acids is 1. The molecule has 0 saturated heterocycles. The molecule has 0 radical (unpaired) electrons. The SMILES string of the molecule is O=C(Cc1cccc(Cl)c1)NCc1ccc(Br)cc1. The number of hydrogen-bond donors (Lipinski definition) is 1. The topological polar surface area (TPSA) is 29.1 Å². The van der Waals surface area contributed by atoms with Crippen LogP contribution in [-0.2, 0) is 17.8 Å². The standard InChI is InChI=1S/C15H13BrClNO/c16-13-6-4-11(5-7-13)10-18-15(19)9-12-2-1-3-14(17)8-12/h1-8H,9-10H2,(H,18,19). The fourth-order valence-corrected chi connectivity index (χ4v) is 2.17. The van der Waals surface area contributed by atoms with Crippen molar-refractivity contribution >= 4 is 33.4 Å². The van der Waals surface area contributed by atoms with Crippen LogP contribution >= 0.6 is 27.5 Å². The van der Waals surface area contributed by atoms with Crippen LogP contribution in [0.2, 0.25) is 5.02 Å². The summed E-state index contributed by atoms with van der Waals surface area (Å²) in [6, 6.07) is 15.2. The summed E-state index contributed by atoms with van der Waals surface area (Å²) in [6.07, 6.45) is 0.344. The van der Waals surface area contributed by atoms with E-state index in [9.17, 15) is 4.79 Å². The Morgan fingerprint density at radius 3 is 2.53 bits per heavy atom. The molecular formula is C15H13BrClNO. The normalized spacial score (nSPS) is 10.2. The monoisotopic (exact) mass is 337 g/mol. The lowest BCUT2D eigenvalue weighted by molar-refractivity contribution is -0.120. The smallest absolute Gasteiger partial charge is 0.224 e. The molecule has 0 fully saturated rings. The molecule has 19 heavy (non-hydrogen) atoms. The molecule has 2 aromatic rings. The van der Waals surface area contributed by atoms with Crippen LogP contribution in [0.5, 0.6) is 0 Å². The van der Waals surface area contributed by atoms with E-state index in [1.807, 2.05) is 36.4 Å². The third-order valence-corrected chi connectivity index (χ3v) is 3.42. The highest BCUT2D eigenvalue weighted by Crippen LogP contribution is 2.12. The summed E-state index contributed by atoms with van der Waals surface area (Å²) in [5.41, 5.74) is 1.99. The molecule has 0 saturated carbocycles. The lowest BCUT2D eigenvalue weighted by Crippen LogP contribution is -2.24. The van der Waals surface area contributed by atoms with Gasteiger partial charge in [0.25, 0.3) is 0 Å². The van der Waals surface area contributed by atoms with Crippen molar-refractivity contribution in [3.05, 3.63) is 69.2 Å². The van der Waals surface area contributed by atoms with Gasteiger partial charge in [0.2, 0.25) is 5.91 Å². The van der Waals surface area contributed by atoms with E-state index in [-0.39, 0.29) is 5.91 Å². The number of carbonyl (C=O) groups is 1. The van der Waals surface area contributed by atoms with Gasteiger partial charge in [0.05, 0.1) is 6.42 Å². The van der Waals surface area contributed by atoms with Gasteiger partial charge in [-0.3, -0.25) is 4.79 Å². The van der Waals surface area contributed by atoms with Crippen LogP contribution in [-0.4, -0.2) is 5.91 Å². The fourth-order valence-electron chi connectivity index (χ4n) is 1.70. The molecular weight excluding hydrogens is 326 g/mol. The Labute approximate surface area is 125 Å². The molecule has 0 bridgehead atoms. The predicted octanol–water partition coefficient (Wildman–Crippen LogP) is 3.96. The fraction of sp³-hybridized carbons (Fsp3) is 0.133. The number of amides is 1. The average Bonchev–Trinajstić information content (AvgIpc) is 2.38. The van der Waals surface area contributed by atoms with Crippen molar-refractivity contribution in [1.29, 1.82) is 0 Å². The second-order valence-electron chi connectivity index (χ2n) is 4.21. The zero-order chi connectivity index (χ0) is 13.7. The number of benzene rings is 2. The zero-order valence-corrected chi connectivity index (χ0v) is 12.5. The molecule has 1 N–H and O–H groups in total. The molecule has 0 atom stereocenters. The van der Waals surface area contributed by atoms with Crippen LogP contribution in [0, 0.1) is 0 Å². The molecule has 0 aliphatic carbocycles. The number of rotatable bonds is 4. The van der Waals surface area contributed by atoms with Gasteiger partial charge in [-0.25, -0.2) is 0 Å². The summed E-state index contributed by atoms with van der Waals surface area (Å²) in [4.78, 5) is 11.8. The van der Waals surface area contributed by atoms with Crippen LogP contribution in [0.3, 0.4) is 0 Å². The highest BCUT2D eigenvalue weighted by atomic mass is 79.9. The van der Waals surface area contributed by atoms with Crippen LogP contribution in [0.15, 0.2) is 53.0 Å². The summed E-state index contributed by atoms with van der Waals surface area (Å²) in [6.45, 7) is 0.534. The third-order valence-electron chi connectivity index (χ3n) is 2.66. The first-order valence-corrected chi connectivity index (χ1v) is 7.06. The van der Waals surface area contributed by atoms with Gasteiger partial charge in [0.15, 0.2) is 0 Å². The minimum absolute atomic E-state index is 0.00909. The largest absolute Gasteiger partial charge is 0.352 e. The summed E-state index contributed by atoms with van der Waals surface area (Å²) in [5.74, 6) is -0.00909. The Kier molecular flexibility index (Phi) is 5.00. The van der Waals surface area contributed by atoms with Crippen molar-refractivity contribution in [3.63, 3.8) is 0 Å². The van der Waals surface area contributed by atoms with Gasteiger partial charge in [-0.15, -0.1) is 0 Å². The van der Waals surface area contributed by atoms with E-state index in [2.05, 4.69) is 21.2 Å². The van der Waals surface area contributed by atoms with Crippen molar-refractivity contribution in [1.82, 2.24) is 5.32 Å². The van der Waals surface area contributed by atoms with Gasteiger partial charge in [0.1, 0.15) is 0 Å². The first-order chi connectivity index (χ1) is 9.13. The first-order valence-electron chi connectivity index (χ1n) is 5.89. The van der Waals surface area contributed by atoms with E-state index in [0.717, 1.165) is 15.6 Å². The van der Waals surface area contributed by atoms with Crippen LogP contribution in [0.4, 0.5) is 0 Å². The second kappa shape index (κ2) is 6.73. The second-order valence-corrected chi connectivity index (χ2v) is 5.56. The van der Waals surface area contributed by atoms with E-state index >= 15 is 0 Å². The van der Waals surface area contributed by atoms with Gasteiger partial charge in [-0.05, 0) is 35.4 Å². The molecule has 0 spiro atoms. The summed E-state index contributed by atoms with van der Waals surface area (Å²) in [5, 5.41) is 3.54. The maximum absolute atomic E-state index is 11.8. The van der Waals surface area contributed by atoms with Gasteiger partial charge in [-0.1, -0.05) is 51.8 Å². The maximum atomic E-state index is 11.8. The van der Waals surface area contributed by atoms with Gasteiger partial charge >= 0.3 is 0 Å². The third kappa shape index (κ3) is 4.69. The van der Waals surface area contributed by atoms with Crippen molar-refractivity contribution < 1.29 is 4.79 Å². The van der Waals surface area contributed by atoms with E-state index in [1.165, 1.54) is 0 Å². The van der Waals surface area contributed by atoms with Crippen LogP contribution in [0.25, 0.3) is 0 Å². The zero-order valence-electron chi connectivity index (χ0n) is 10.2. The van der Waals surface area contributed by atoms with E-state index < -0.39 is 0 Å². The molecule has 0 unspecified atom stereocenters. The molecule has 98 valence electrons. The molecule has 0 aromatic heterocycles. The van der Waals surface area contributed by atoms with Crippen molar-refractivity contribution in [2.45, 2.75) is 13.0 Å². The highest BCUT2D eigenvalue weighted by Gasteiger charge is 2.03. The summed E-state index contributed by atoms with van der Waals surface area (Å²) >= 11 is 9.26. The number of halogens is 2. The minimum Gasteiger partial charge on any atom is -0.352 e. The Morgan fingerprint density at radius 1 is 1.11 bits per heavy atom. The summed E-state index contributed by atoms with van der Waals surface area (Å²) in [7, 11) is 0. The maximum Gasteiger partial charge on any atom is 0.224 e. The van der Waals surface area contributed by atoms with E-state index in [4.69, 9.17) is 11.6 Å². The first kappa shape index (κ1) is 14.1. The lowest BCUT2D eigenvalue weighted by atomic mass is 10.1.